The molecule has 1 aliphatic carbocycles. The molecular formula is C22H36O3. The van der Waals surface area contributed by atoms with Crippen LogP contribution in [0.15, 0.2) is 6.07 Å². The molecule has 3 heteroatoms. The molecule has 0 amide bonds. The normalized spacial score (nSPS) is 16.2. The van der Waals surface area contributed by atoms with Crippen molar-refractivity contribution in [2.75, 3.05) is 0 Å². The molecule has 3 nitrogen and oxygen atoms in total. The predicted octanol–water partition coefficient (Wildman–Crippen LogP) is 6.08. The van der Waals surface area contributed by atoms with Gasteiger partial charge < -0.3 is 15.3 Å². The number of rotatable bonds is 9. The van der Waals surface area contributed by atoms with Crippen LogP contribution in [0.2, 0.25) is 0 Å². The van der Waals surface area contributed by atoms with Crippen LogP contribution in [0.3, 0.4) is 0 Å². The fraction of sp³-hybridized carbons (Fsp3) is 0.727. The molecule has 0 unspecified atom stereocenters. The Kier molecular flexibility index (Phi) is 6.29. The summed E-state index contributed by atoms with van der Waals surface area (Å²) < 4.78 is 0. The Balaban J connectivity index is 1.97. The van der Waals surface area contributed by atoms with E-state index >= 15 is 0 Å². The highest BCUT2D eigenvalue weighted by Gasteiger charge is 2.36. The first-order chi connectivity index (χ1) is 11.6. The van der Waals surface area contributed by atoms with E-state index in [-0.39, 0.29) is 17.2 Å². The van der Waals surface area contributed by atoms with Crippen LogP contribution in [-0.2, 0) is 12.8 Å². The standard InChI is InChI=1S/C22H36O3/c1-21(2,3)11-7-5-10-17-16(18(23)15-19(24)20(17)25)9-6-8-12-22(4)13-14-22/h15,23-25H,5-14H2,1-4H3. The van der Waals surface area contributed by atoms with Gasteiger partial charge in [0.05, 0.1) is 0 Å². The molecule has 0 heterocycles. The first kappa shape index (κ1) is 19.9. The summed E-state index contributed by atoms with van der Waals surface area (Å²) in [5.74, 6) is -0.131. The largest absolute Gasteiger partial charge is 0.508 e. The molecule has 0 spiro atoms. The summed E-state index contributed by atoms with van der Waals surface area (Å²) in [6, 6.07) is 1.28. The van der Waals surface area contributed by atoms with E-state index in [4.69, 9.17) is 0 Å². The summed E-state index contributed by atoms with van der Waals surface area (Å²) in [7, 11) is 0. The average molecular weight is 349 g/mol. The molecule has 1 fully saturated rings. The molecule has 1 aliphatic rings. The highest BCUT2D eigenvalue weighted by molar-refractivity contribution is 5.55. The van der Waals surface area contributed by atoms with E-state index in [0.29, 0.717) is 17.3 Å². The SMILES string of the molecule is CC(C)(C)CCCCc1c(O)c(O)cc(O)c1CCCCC1(C)CC1. The van der Waals surface area contributed by atoms with Crippen LogP contribution in [0.5, 0.6) is 17.2 Å². The summed E-state index contributed by atoms with van der Waals surface area (Å²) in [4.78, 5) is 0. The zero-order valence-corrected chi connectivity index (χ0v) is 16.5. The van der Waals surface area contributed by atoms with E-state index in [1.807, 2.05) is 0 Å². The summed E-state index contributed by atoms with van der Waals surface area (Å²) in [5, 5.41) is 30.4. The zero-order valence-electron chi connectivity index (χ0n) is 16.5. The molecule has 0 aromatic heterocycles. The number of phenolic OH excluding ortho intramolecular Hbond substituents is 3. The minimum absolute atomic E-state index is 0.0438. The second kappa shape index (κ2) is 7.88. The van der Waals surface area contributed by atoms with Gasteiger partial charge in [0.1, 0.15) is 5.75 Å². The van der Waals surface area contributed by atoms with Gasteiger partial charge in [-0.1, -0.05) is 40.5 Å². The van der Waals surface area contributed by atoms with Gasteiger partial charge in [-0.15, -0.1) is 0 Å². The van der Waals surface area contributed by atoms with Crippen molar-refractivity contribution in [1.29, 1.82) is 0 Å². The first-order valence-corrected chi connectivity index (χ1v) is 9.87. The Labute approximate surface area is 153 Å². The van der Waals surface area contributed by atoms with Gasteiger partial charge in [0.25, 0.3) is 0 Å². The van der Waals surface area contributed by atoms with Crippen molar-refractivity contribution in [2.24, 2.45) is 10.8 Å². The second-order valence-electron chi connectivity index (χ2n) is 9.51. The number of hydrogen-bond donors (Lipinski definition) is 3. The molecule has 0 saturated heterocycles. The number of aromatic hydroxyl groups is 3. The van der Waals surface area contributed by atoms with Gasteiger partial charge in [-0.3, -0.25) is 0 Å². The Bertz CT molecular complexity index is 580. The van der Waals surface area contributed by atoms with Crippen LogP contribution < -0.4 is 0 Å². The van der Waals surface area contributed by atoms with Crippen LogP contribution in [0.25, 0.3) is 0 Å². The lowest BCUT2D eigenvalue weighted by atomic mass is 9.88. The fourth-order valence-corrected chi connectivity index (χ4v) is 3.56. The van der Waals surface area contributed by atoms with Crippen LogP contribution in [0.4, 0.5) is 0 Å². The summed E-state index contributed by atoms with van der Waals surface area (Å²) >= 11 is 0. The molecule has 1 aromatic rings. The van der Waals surface area contributed by atoms with Gasteiger partial charge in [-0.05, 0) is 62.2 Å². The third-order valence-corrected chi connectivity index (χ3v) is 5.64. The van der Waals surface area contributed by atoms with E-state index in [9.17, 15) is 15.3 Å². The van der Waals surface area contributed by atoms with Crippen molar-refractivity contribution in [3.8, 4) is 17.2 Å². The molecule has 142 valence electrons. The second-order valence-corrected chi connectivity index (χ2v) is 9.51. The third kappa shape index (κ3) is 6.13. The number of benzene rings is 1. The van der Waals surface area contributed by atoms with Crippen molar-refractivity contribution in [3.63, 3.8) is 0 Å². The molecule has 3 N–H and O–H groups in total. The van der Waals surface area contributed by atoms with Gasteiger partial charge in [-0.2, -0.15) is 0 Å². The lowest BCUT2D eigenvalue weighted by Gasteiger charge is -2.19. The maximum Gasteiger partial charge on any atom is 0.161 e. The number of phenols is 3. The number of hydrogen-bond acceptors (Lipinski definition) is 3. The Hall–Kier alpha value is -1.38. The molecule has 1 aromatic carbocycles. The van der Waals surface area contributed by atoms with E-state index < -0.39 is 0 Å². The summed E-state index contributed by atoms with van der Waals surface area (Å²) in [6.45, 7) is 9.04. The lowest BCUT2D eigenvalue weighted by Crippen LogP contribution is -2.05. The Morgan fingerprint density at radius 3 is 2.08 bits per heavy atom. The summed E-state index contributed by atoms with van der Waals surface area (Å²) in [5.41, 5.74) is 2.44. The molecule has 2 rings (SSSR count). The van der Waals surface area contributed by atoms with Crippen molar-refractivity contribution in [3.05, 3.63) is 17.2 Å². The van der Waals surface area contributed by atoms with Crippen molar-refractivity contribution >= 4 is 0 Å². The molecule has 1 saturated carbocycles. The molecule has 0 atom stereocenters. The van der Waals surface area contributed by atoms with E-state index in [1.165, 1.54) is 25.3 Å². The van der Waals surface area contributed by atoms with Gasteiger partial charge in [0, 0.05) is 17.2 Å². The molecular weight excluding hydrogens is 312 g/mol. The monoisotopic (exact) mass is 348 g/mol. The summed E-state index contributed by atoms with van der Waals surface area (Å²) in [6.07, 6.45) is 10.8. The van der Waals surface area contributed by atoms with Crippen LogP contribution in [0.1, 0.15) is 90.2 Å². The smallest absolute Gasteiger partial charge is 0.161 e. The van der Waals surface area contributed by atoms with E-state index in [0.717, 1.165) is 49.7 Å². The minimum Gasteiger partial charge on any atom is -0.508 e. The first-order valence-electron chi connectivity index (χ1n) is 9.87. The van der Waals surface area contributed by atoms with E-state index in [2.05, 4.69) is 27.7 Å². The van der Waals surface area contributed by atoms with E-state index in [1.54, 1.807) is 0 Å². The Morgan fingerprint density at radius 1 is 0.880 bits per heavy atom. The van der Waals surface area contributed by atoms with Crippen LogP contribution in [0, 0.1) is 10.8 Å². The van der Waals surface area contributed by atoms with Gasteiger partial charge in [-0.25, -0.2) is 0 Å². The Morgan fingerprint density at radius 2 is 1.48 bits per heavy atom. The molecule has 0 radical (unpaired) electrons. The van der Waals surface area contributed by atoms with Crippen LogP contribution >= 0.6 is 0 Å². The zero-order chi connectivity index (χ0) is 18.7. The highest BCUT2D eigenvalue weighted by atomic mass is 16.3. The highest BCUT2D eigenvalue weighted by Crippen LogP contribution is 2.49. The van der Waals surface area contributed by atoms with Crippen LogP contribution in [-0.4, -0.2) is 15.3 Å². The predicted molar refractivity (Wildman–Crippen MR) is 103 cm³/mol. The van der Waals surface area contributed by atoms with Crippen molar-refractivity contribution in [2.45, 2.75) is 91.9 Å². The molecule has 0 bridgehead atoms. The van der Waals surface area contributed by atoms with Crippen molar-refractivity contribution in [1.82, 2.24) is 0 Å². The maximum absolute atomic E-state index is 10.3. The van der Waals surface area contributed by atoms with Crippen molar-refractivity contribution < 1.29 is 15.3 Å². The fourth-order valence-electron chi connectivity index (χ4n) is 3.56. The minimum atomic E-state index is -0.211. The third-order valence-electron chi connectivity index (χ3n) is 5.64. The van der Waals surface area contributed by atoms with Gasteiger partial charge in [0.15, 0.2) is 11.5 Å². The topological polar surface area (TPSA) is 60.7 Å². The van der Waals surface area contributed by atoms with Gasteiger partial charge >= 0.3 is 0 Å². The average Bonchev–Trinajstić information content (AvgIpc) is 3.23. The molecule has 0 aliphatic heterocycles. The molecule has 25 heavy (non-hydrogen) atoms. The number of unbranched alkanes of at least 4 members (excludes halogenated alkanes) is 2. The maximum atomic E-state index is 10.3. The lowest BCUT2D eigenvalue weighted by molar-refractivity contribution is 0.358. The van der Waals surface area contributed by atoms with Gasteiger partial charge in [0.2, 0.25) is 0 Å². The quantitative estimate of drug-likeness (QED) is 0.288.